The van der Waals surface area contributed by atoms with Gasteiger partial charge in [-0.05, 0) is 31.9 Å². The summed E-state index contributed by atoms with van der Waals surface area (Å²) < 4.78 is 1.63. The van der Waals surface area contributed by atoms with Crippen molar-refractivity contribution in [3.05, 3.63) is 17.5 Å². The summed E-state index contributed by atoms with van der Waals surface area (Å²) in [4.78, 5) is 12.1. The first kappa shape index (κ1) is 12.1. The van der Waals surface area contributed by atoms with E-state index in [1.165, 1.54) is 0 Å². The van der Waals surface area contributed by atoms with E-state index < -0.39 is 0 Å². The molecule has 17 heavy (non-hydrogen) atoms. The van der Waals surface area contributed by atoms with Gasteiger partial charge in [-0.3, -0.25) is 9.48 Å². The van der Waals surface area contributed by atoms with E-state index in [-0.39, 0.29) is 11.9 Å². The molecule has 0 saturated carbocycles. The van der Waals surface area contributed by atoms with Gasteiger partial charge < -0.3 is 10.6 Å². The Morgan fingerprint density at radius 2 is 2.35 bits per heavy atom. The molecule has 0 aliphatic carbocycles. The maximum Gasteiger partial charge on any atom is 0.269 e. The Hall–Kier alpha value is -1.36. The Morgan fingerprint density at radius 1 is 1.59 bits per heavy atom. The van der Waals surface area contributed by atoms with Crippen molar-refractivity contribution in [3.8, 4) is 0 Å². The third kappa shape index (κ3) is 2.85. The first-order chi connectivity index (χ1) is 8.06. The number of amides is 1. The molecule has 0 bridgehead atoms. The standard InChI is InChI=1S/C12H20N4O/c1-8-4-10(7-13-6-8)14-12(17)11-5-9(2)15-16(11)3/h5,8,10,13H,4,6-7H2,1-3H3,(H,14,17). The number of carbonyl (C=O) groups excluding carboxylic acids is 1. The van der Waals surface area contributed by atoms with Gasteiger partial charge in [0.05, 0.1) is 5.69 Å². The second-order valence-electron chi connectivity index (χ2n) is 4.96. The van der Waals surface area contributed by atoms with E-state index >= 15 is 0 Å². The molecule has 1 amide bonds. The SMILES string of the molecule is Cc1cc(C(=O)NC2CNCC(C)C2)n(C)n1. The predicted octanol–water partition coefficient (Wildman–Crippen LogP) is 0.456. The van der Waals surface area contributed by atoms with Crippen LogP contribution in [0.15, 0.2) is 6.07 Å². The minimum Gasteiger partial charge on any atom is -0.347 e. The summed E-state index contributed by atoms with van der Waals surface area (Å²) in [6.07, 6.45) is 1.04. The van der Waals surface area contributed by atoms with Gasteiger partial charge in [-0.25, -0.2) is 0 Å². The molecular formula is C12H20N4O. The summed E-state index contributed by atoms with van der Waals surface area (Å²) in [7, 11) is 1.80. The van der Waals surface area contributed by atoms with E-state index in [1.54, 1.807) is 11.7 Å². The molecule has 2 heterocycles. The highest BCUT2D eigenvalue weighted by molar-refractivity contribution is 5.92. The molecule has 1 fully saturated rings. The van der Waals surface area contributed by atoms with Crippen LogP contribution in [0.2, 0.25) is 0 Å². The number of piperidine rings is 1. The average Bonchev–Trinajstić information content (AvgIpc) is 2.58. The molecule has 1 aromatic rings. The Labute approximate surface area is 102 Å². The first-order valence-electron chi connectivity index (χ1n) is 6.08. The van der Waals surface area contributed by atoms with Crippen molar-refractivity contribution in [2.24, 2.45) is 13.0 Å². The van der Waals surface area contributed by atoms with E-state index in [1.807, 2.05) is 13.0 Å². The Bertz CT molecular complexity index is 413. The molecule has 1 aliphatic rings. The zero-order valence-corrected chi connectivity index (χ0v) is 10.7. The summed E-state index contributed by atoms with van der Waals surface area (Å²) >= 11 is 0. The highest BCUT2D eigenvalue weighted by Gasteiger charge is 2.21. The second-order valence-corrected chi connectivity index (χ2v) is 4.96. The van der Waals surface area contributed by atoms with E-state index in [4.69, 9.17) is 0 Å². The van der Waals surface area contributed by atoms with Crippen molar-refractivity contribution in [2.45, 2.75) is 26.3 Å². The summed E-state index contributed by atoms with van der Waals surface area (Å²) in [6.45, 7) is 5.98. The molecule has 2 N–H and O–H groups in total. The van der Waals surface area contributed by atoms with Crippen molar-refractivity contribution in [2.75, 3.05) is 13.1 Å². The van der Waals surface area contributed by atoms with Crippen LogP contribution < -0.4 is 10.6 Å². The van der Waals surface area contributed by atoms with Crippen molar-refractivity contribution in [3.63, 3.8) is 0 Å². The van der Waals surface area contributed by atoms with Crippen LogP contribution in [0.4, 0.5) is 0 Å². The van der Waals surface area contributed by atoms with E-state index in [0.29, 0.717) is 11.6 Å². The fourth-order valence-corrected chi connectivity index (χ4v) is 2.35. The summed E-state index contributed by atoms with van der Waals surface area (Å²) in [5.41, 5.74) is 1.49. The van der Waals surface area contributed by atoms with Gasteiger partial charge >= 0.3 is 0 Å². The zero-order chi connectivity index (χ0) is 12.4. The van der Waals surface area contributed by atoms with Crippen LogP contribution >= 0.6 is 0 Å². The lowest BCUT2D eigenvalue weighted by atomic mass is 9.97. The molecule has 2 atom stereocenters. The van der Waals surface area contributed by atoms with Crippen LogP contribution in [0, 0.1) is 12.8 Å². The van der Waals surface area contributed by atoms with Crippen molar-refractivity contribution in [1.29, 1.82) is 0 Å². The number of aryl methyl sites for hydroxylation is 2. The van der Waals surface area contributed by atoms with Gasteiger partial charge in [0.2, 0.25) is 0 Å². The smallest absolute Gasteiger partial charge is 0.269 e. The number of nitrogens with zero attached hydrogens (tertiary/aromatic N) is 2. The lowest BCUT2D eigenvalue weighted by Crippen LogP contribution is -2.48. The van der Waals surface area contributed by atoms with Crippen LogP contribution in [0.25, 0.3) is 0 Å². The molecule has 1 saturated heterocycles. The van der Waals surface area contributed by atoms with Gasteiger partial charge in [-0.1, -0.05) is 6.92 Å². The number of nitrogens with one attached hydrogen (secondary N) is 2. The van der Waals surface area contributed by atoms with Crippen LogP contribution in [-0.4, -0.2) is 34.8 Å². The Kier molecular flexibility index (Phi) is 3.47. The van der Waals surface area contributed by atoms with Gasteiger partial charge in [0.1, 0.15) is 5.69 Å². The molecule has 2 rings (SSSR count). The normalized spacial score (nSPS) is 24.6. The highest BCUT2D eigenvalue weighted by atomic mass is 16.2. The predicted molar refractivity (Wildman–Crippen MR) is 65.8 cm³/mol. The maximum atomic E-state index is 12.1. The van der Waals surface area contributed by atoms with Crippen LogP contribution in [-0.2, 0) is 7.05 Å². The Morgan fingerprint density at radius 3 is 2.94 bits per heavy atom. The number of carbonyl (C=O) groups is 1. The van der Waals surface area contributed by atoms with Gasteiger partial charge in [0.15, 0.2) is 0 Å². The third-order valence-corrected chi connectivity index (χ3v) is 3.14. The van der Waals surface area contributed by atoms with Gasteiger partial charge in [-0.2, -0.15) is 5.10 Å². The molecule has 5 heteroatoms. The molecule has 0 radical (unpaired) electrons. The monoisotopic (exact) mass is 236 g/mol. The maximum absolute atomic E-state index is 12.1. The van der Waals surface area contributed by atoms with E-state index in [9.17, 15) is 4.79 Å². The number of rotatable bonds is 2. The summed E-state index contributed by atoms with van der Waals surface area (Å²) in [6, 6.07) is 2.04. The van der Waals surface area contributed by atoms with E-state index in [0.717, 1.165) is 25.2 Å². The molecule has 0 aromatic carbocycles. The lowest BCUT2D eigenvalue weighted by Gasteiger charge is -2.28. The quantitative estimate of drug-likeness (QED) is 0.784. The van der Waals surface area contributed by atoms with Crippen LogP contribution in [0.1, 0.15) is 29.5 Å². The summed E-state index contributed by atoms with van der Waals surface area (Å²) in [5.74, 6) is 0.580. The Balaban J connectivity index is 1.99. The summed E-state index contributed by atoms with van der Waals surface area (Å²) in [5, 5.41) is 10.6. The zero-order valence-electron chi connectivity index (χ0n) is 10.7. The molecule has 94 valence electrons. The molecule has 1 aliphatic heterocycles. The second kappa shape index (κ2) is 4.87. The minimum absolute atomic E-state index is 0.0333. The van der Waals surface area contributed by atoms with Gasteiger partial charge in [0, 0.05) is 19.6 Å². The number of hydrogen-bond donors (Lipinski definition) is 2. The fraction of sp³-hybridized carbons (Fsp3) is 0.667. The van der Waals surface area contributed by atoms with Gasteiger partial charge in [0.25, 0.3) is 5.91 Å². The van der Waals surface area contributed by atoms with Crippen LogP contribution in [0.5, 0.6) is 0 Å². The van der Waals surface area contributed by atoms with E-state index in [2.05, 4.69) is 22.7 Å². The molecule has 1 aromatic heterocycles. The molecular weight excluding hydrogens is 216 g/mol. The largest absolute Gasteiger partial charge is 0.347 e. The fourth-order valence-electron chi connectivity index (χ4n) is 2.35. The topological polar surface area (TPSA) is 59.0 Å². The molecule has 0 spiro atoms. The van der Waals surface area contributed by atoms with Gasteiger partial charge in [-0.15, -0.1) is 0 Å². The number of hydrogen-bond acceptors (Lipinski definition) is 3. The average molecular weight is 236 g/mol. The molecule has 2 unspecified atom stereocenters. The lowest BCUT2D eigenvalue weighted by molar-refractivity contribution is 0.0916. The van der Waals surface area contributed by atoms with Crippen molar-refractivity contribution in [1.82, 2.24) is 20.4 Å². The van der Waals surface area contributed by atoms with Crippen molar-refractivity contribution >= 4 is 5.91 Å². The van der Waals surface area contributed by atoms with Crippen molar-refractivity contribution < 1.29 is 4.79 Å². The minimum atomic E-state index is -0.0333. The first-order valence-corrected chi connectivity index (χ1v) is 6.08. The third-order valence-electron chi connectivity index (χ3n) is 3.14. The highest BCUT2D eigenvalue weighted by Crippen LogP contribution is 2.10. The van der Waals surface area contributed by atoms with Crippen LogP contribution in [0.3, 0.4) is 0 Å². The number of aromatic nitrogens is 2. The molecule has 5 nitrogen and oxygen atoms in total.